The minimum Gasteiger partial charge on any atom is -0.726 e. The third-order valence-electron chi connectivity index (χ3n) is 6.36. The summed E-state index contributed by atoms with van der Waals surface area (Å²) in [6, 6.07) is 8.01. The van der Waals surface area contributed by atoms with E-state index < -0.39 is 22.0 Å². The topological polar surface area (TPSA) is 136 Å². The highest BCUT2D eigenvalue weighted by Crippen LogP contribution is 2.52. The van der Waals surface area contributed by atoms with Gasteiger partial charge in [-0.05, 0) is 22.9 Å². The average molecular weight is 490 g/mol. The Kier molecular flexibility index (Phi) is 5.80. The number of carbonyl (C=O) groups excluding carboxylic acids is 1. The molecule has 0 spiro atoms. The molecule has 0 radical (unpaired) electrons. The van der Waals surface area contributed by atoms with E-state index in [1.165, 1.54) is 22.7 Å². The van der Waals surface area contributed by atoms with Crippen molar-refractivity contribution in [3.05, 3.63) is 44.8 Å². The second-order valence-electron chi connectivity index (χ2n) is 8.42. The van der Waals surface area contributed by atoms with Gasteiger partial charge in [0.05, 0.1) is 23.8 Å². The van der Waals surface area contributed by atoms with Crippen LogP contribution < -0.4 is 0 Å². The highest BCUT2D eigenvalue weighted by atomic mass is 32.3. The summed E-state index contributed by atoms with van der Waals surface area (Å²) in [6.07, 6.45) is 2.05. The molecule has 0 saturated carbocycles. The number of quaternary nitrogens is 1. The summed E-state index contributed by atoms with van der Waals surface area (Å²) in [5.41, 5.74) is -1.72. The van der Waals surface area contributed by atoms with Gasteiger partial charge in [0.2, 0.25) is 16.0 Å². The monoisotopic (exact) mass is 489 g/mol. The highest BCUT2D eigenvalue weighted by molar-refractivity contribution is 7.79. The van der Waals surface area contributed by atoms with Crippen LogP contribution in [0.5, 0.6) is 0 Å². The molecule has 4 unspecified atom stereocenters. The van der Waals surface area contributed by atoms with Crippen LogP contribution in [0.1, 0.15) is 22.6 Å². The zero-order valence-corrected chi connectivity index (χ0v) is 19.2. The van der Waals surface area contributed by atoms with E-state index in [0.717, 1.165) is 17.3 Å². The van der Waals surface area contributed by atoms with E-state index in [-0.39, 0.29) is 6.10 Å². The van der Waals surface area contributed by atoms with Gasteiger partial charge in [-0.2, -0.15) is 0 Å². The number of nitrogens with zero attached hydrogens (tertiary/aromatic N) is 1. The molecule has 9 nitrogen and oxygen atoms in total. The van der Waals surface area contributed by atoms with Crippen molar-refractivity contribution in [2.45, 2.75) is 48.8 Å². The smallest absolute Gasteiger partial charge is 0.349 e. The second-order valence-corrected chi connectivity index (χ2v) is 11.2. The van der Waals surface area contributed by atoms with Gasteiger partial charge in [0.25, 0.3) is 0 Å². The van der Waals surface area contributed by atoms with Crippen molar-refractivity contribution in [3.8, 4) is 0 Å². The van der Waals surface area contributed by atoms with Gasteiger partial charge in [0, 0.05) is 12.8 Å². The van der Waals surface area contributed by atoms with Gasteiger partial charge in [-0.15, -0.1) is 22.7 Å². The van der Waals surface area contributed by atoms with E-state index in [1.807, 2.05) is 22.9 Å². The number of thiophene rings is 2. The Labute approximate surface area is 188 Å². The van der Waals surface area contributed by atoms with Gasteiger partial charge < -0.3 is 23.6 Å². The maximum Gasteiger partial charge on any atom is 0.349 e. The lowest BCUT2D eigenvalue weighted by molar-refractivity contribution is -0.938. The van der Waals surface area contributed by atoms with Crippen LogP contribution >= 0.6 is 22.7 Å². The Morgan fingerprint density at radius 1 is 1.16 bits per heavy atom. The van der Waals surface area contributed by atoms with Crippen LogP contribution in [-0.4, -0.2) is 77.6 Å². The van der Waals surface area contributed by atoms with Gasteiger partial charge in [-0.3, -0.25) is 4.55 Å². The lowest BCUT2D eigenvalue weighted by Gasteiger charge is -2.45. The minimum absolute atomic E-state index is 0.161. The molecule has 3 aliphatic heterocycles. The largest absolute Gasteiger partial charge is 0.726 e. The van der Waals surface area contributed by atoms with Crippen molar-refractivity contribution in [1.82, 2.24) is 0 Å². The molecule has 0 aliphatic carbocycles. The number of esters is 1. The van der Waals surface area contributed by atoms with E-state index in [0.29, 0.717) is 34.0 Å². The van der Waals surface area contributed by atoms with Crippen molar-refractivity contribution in [2.75, 3.05) is 14.1 Å². The predicted molar refractivity (Wildman–Crippen MR) is 111 cm³/mol. The van der Waals surface area contributed by atoms with Crippen molar-refractivity contribution < 1.29 is 41.4 Å². The third-order valence-corrected chi connectivity index (χ3v) is 8.32. The first kappa shape index (κ1) is 22.8. The Morgan fingerprint density at radius 3 is 2.00 bits per heavy atom. The zero-order valence-electron chi connectivity index (χ0n) is 16.8. The maximum absolute atomic E-state index is 13.1. The summed E-state index contributed by atoms with van der Waals surface area (Å²) >= 11 is 2.74. The fourth-order valence-corrected chi connectivity index (χ4v) is 6.54. The van der Waals surface area contributed by atoms with Gasteiger partial charge >= 0.3 is 5.97 Å². The van der Waals surface area contributed by atoms with Gasteiger partial charge in [-0.1, -0.05) is 12.1 Å². The average Bonchev–Trinajstić information content (AvgIpc) is 3.01. The normalized spacial score (nSPS) is 30.7. The number of hydrogen-bond acceptors (Lipinski definition) is 9. The van der Waals surface area contributed by atoms with E-state index in [2.05, 4.69) is 14.1 Å². The lowest BCUT2D eigenvalue weighted by atomic mass is 9.95. The molecule has 0 amide bonds. The number of aliphatic hydroxyl groups is 1. The molecule has 2 aromatic rings. The zero-order chi connectivity index (χ0) is 22.6. The molecule has 0 aromatic carbocycles. The molecular formula is C19H23NO8S3. The first-order chi connectivity index (χ1) is 14.4. The molecule has 4 atom stereocenters. The van der Waals surface area contributed by atoms with Crippen LogP contribution in [0, 0.1) is 0 Å². The minimum atomic E-state index is -4.92. The standard InChI is InChI=1S/C19H22NO4S2.H2O4S/c1-20(2)12-9-11(10-13(20)17-16(12)24-17)23-18(21)19(22,14-5-3-7-25-14)15-6-4-8-26-15;1-5(2,3)4/h3-8,11-13,16-17,22H,9-10H2,1-2H3;(H2,1,2,3,4)/q+1;/p-1. The number of hydrogen-bond donors (Lipinski definition) is 2. The summed E-state index contributed by atoms with van der Waals surface area (Å²) in [6.45, 7) is 0. The molecule has 2 bridgehead atoms. The van der Waals surface area contributed by atoms with Gasteiger partial charge in [0.15, 0.2) is 0 Å². The second kappa shape index (κ2) is 7.89. The van der Waals surface area contributed by atoms with Crippen LogP contribution in [0.4, 0.5) is 0 Å². The number of morpholine rings is 1. The number of piperidine rings is 1. The van der Waals surface area contributed by atoms with E-state index >= 15 is 0 Å². The molecule has 12 heteroatoms. The van der Waals surface area contributed by atoms with Crippen LogP contribution in [0.25, 0.3) is 0 Å². The van der Waals surface area contributed by atoms with E-state index in [4.69, 9.17) is 27.0 Å². The van der Waals surface area contributed by atoms with Crippen LogP contribution in [0.15, 0.2) is 35.0 Å². The Morgan fingerprint density at radius 2 is 1.61 bits per heavy atom. The highest BCUT2D eigenvalue weighted by Gasteiger charge is 2.71. The Balaban J connectivity index is 0.000000418. The first-order valence-electron chi connectivity index (χ1n) is 9.61. The summed E-state index contributed by atoms with van der Waals surface area (Å²) in [5.74, 6) is -0.561. The predicted octanol–water partition coefficient (Wildman–Crippen LogP) is 1.35. The Bertz CT molecular complexity index is 972. The molecule has 2 aromatic heterocycles. The van der Waals surface area contributed by atoms with Crippen LogP contribution in [0.3, 0.4) is 0 Å². The molecule has 3 aliphatic rings. The molecule has 2 N–H and O–H groups in total. The van der Waals surface area contributed by atoms with Crippen molar-refractivity contribution >= 4 is 39.0 Å². The number of rotatable bonds is 4. The van der Waals surface area contributed by atoms with Crippen LogP contribution in [-0.2, 0) is 30.3 Å². The summed E-state index contributed by atoms with van der Waals surface area (Å²) in [4.78, 5) is 14.3. The molecule has 5 rings (SSSR count). The fraction of sp³-hybridized carbons (Fsp3) is 0.526. The molecule has 5 heterocycles. The number of fused-ring (bicyclic) bond motifs is 5. The first-order valence-corrected chi connectivity index (χ1v) is 12.7. The summed E-state index contributed by atoms with van der Waals surface area (Å²) < 4.78 is 45.5. The molecule has 3 saturated heterocycles. The fourth-order valence-electron chi connectivity index (χ4n) is 4.83. The van der Waals surface area contributed by atoms with Crippen molar-refractivity contribution in [1.29, 1.82) is 0 Å². The lowest BCUT2D eigenvalue weighted by Crippen LogP contribution is -2.60. The number of carbonyl (C=O) groups is 1. The number of ether oxygens (including phenoxy) is 2. The molecule has 31 heavy (non-hydrogen) atoms. The Hall–Kier alpha value is -1.38. The van der Waals surface area contributed by atoms with E-state index in [1.54, 1.807) is 12.1 Å². The van der Waals surface area contributed by atoms with Crippen molar-refractivity contribution in [3.63, 3.8) is 0 Å². The number of likely N-dealkylation sites (N-methyl/N-ethyl adjacent to an activating group) is 1. The third kappa shape index (κ3) is 4.31. The SMILES string of the molecule is C[N+]1(C)C2CC(OC(=O)C(O)(c3cccs3)c3cccs3)CC1C1OC12.O=S(=O)([O-])O. The van der Waals surface area contributed by atoms with Gasteiger partial charge in [-0.25, -0.2) is 13.2 Å². The maximum atomic E-state index is 13.1. The van der Waals surface area contributed by atoms with Crippen LogP contribution in [0.2, 0.25) is 0 Å². The van der Waals surface area contributed by atoms with E-state index in [9.17, 15) is 9.90 Å². The molecule has 170 valence electrons. The van der Waals surface area contributed by atoms with Gasteiger partial charge in [0.1, 0.15) is 30.4 Å². The molecular weight excluding hydrogens is 466 g/mol. The quantitative estimate of drug-likeness (QED) is 0.216. The summed E-state index contributed by atoms with van der Waals surface area (Å²) in [7, 11) is -0.424. The number of epoxide rings is 1. The molecule has 3 fully saturated rings. The summed E-state index contributed by atoms with van der Waals surface area (Å²) in [5, 5.41) is 15.1. The van der Waals surface area contributed by atoms with Crippen molar-refractivity contribution in [2.24, 2.45) is 0 Å².